The molecule has 6 nitrogen and oxygen atoms in total. The third-order valence-electron chi connectivity index (χ3n) is 12.2. The Hall–Kier alpha value is -9.10. The Morgan fingerprint density at radius 2 is 0.812 bits per heavy atom. The van der Waals surface area contributed by atoms with E-state index in [1.54, 1.807) is 18.2 Å². The van der Waals surface area contributed by atoms with Crippen LogP contribution >= 0.6 is 0 Å². The highest BCUT2D eigenvalue weighted by Gasteiger charge is 2.42. The first-order chi connectivity index (χ1) is 31.5. The number of benzene rings is 9. The first kappa shape index (κ1) is 37.9. The maximum atomic E-state index is 15.6. The Balaban J connectivity index is 1.14. The van der Waals surface area contributed by atoms with Crippen molar-refractivity contribution >= 4 is 39.3 Å². The molecule has 9 aromatic carbocycles. The average Bonchev–Trinajstić information content (AvgIpc) is 3.83. The first-order valence-electron chi connectivity index (χ1n) is 20.9. The van der Waals surface area contributed by atoms with E-state index in [9.17, 15) is 10.5 Å². The quantitative estimate of drug-likeness (QED) is 0.150. The molecule has 6 heteroatoms. The van der Waals surface area contributed by atoms with Gasteiger partial charge in [-0.1, -0.05) is 133 Å². The van der Waals surface area contributed by atoms with Crippen LogP contribution in [0.25, 0.3) is 83.1 Å². The molecule has 0 aliphatic carbocycles. The predicted molar refractivity (Wildman–Crippen MR) is 255 cm³/mol. The lowest BCUT2D eigenvalue weighted by molar-refractivity contribution is 0.0926. The molecule has 0 spiro atoms. The summed E-state index contributed by atoms with van der Waals surface area (Å²) in [5.41, 5.74) is 13.4. The SMILES string of the molecule is N#Cc1cccc(-c2ccc3c(c2)c2cc(-c4cccc(C#N)c4)ccc2n3-c2cccc3c2C(=O)N(c2c(-c4ccccc4)cc(-c4ccccc4)cc2-c2ccccc2)C3=O)c1. The molecule has 0 unspecified atom stereocenters. The average molecular weight is 819 g/mol. The molecule has 1 aromatic heterocycles. The second kappa shape index (κ2) is 15.4. The van der Waals surface area contributed by atoms with Gasteiger partial charge in [0.15, 0.2) is 0 Å². The van der Waals surface area contributed by atoms with E-state index in [0.717, 1.165) is 77.4 Å². The highest BCUT2D eigenvalue weighted by molar-refractivity contribution is 6.37. The van der Waals surface area contributed by atoms with Crippen molar-refractivity contribution in [2.75, 3.05) is 4.90 Å². The van der Waals surface area contributed by atoms with Gasteiger partial charge < -0.3 is 4.57 Å². The van der Waals surface area contributed by atoms with E-state index in [1.165, 1.54) is 4.90 Å². The molecule has 0 N–H and O–H groups in total. The Kier molecular flexibility index (Phi) is 9.12. The van der Waals surface area contributed by atoms with Gasteiger partial charge in [-0.05, 0) is 117 Å². The minimum absolute atomic E-state index is 0.313. The smallest absolute Gasteiger partial charge is 0.268 e. The largest absolute Gasteiger partial charge is 0.308 e. The minimum Gasteiger partial charge on any atom is -0.308 e. The number of anilines is 1. The van der Waals surface area contributed by atoms with Gasteiger partial charge in [-0.2, -0.15) is 10.5 Å². The predicted octanol–water partition coefficient (Wildman–Crippen LogP) is 13.7. The van der Waals surface area contributed by atoms with Crippen LogP contribution in [0, 0.1) is 22.7 Å². The molecular formula is C58H34N4O2. The molecule has 11 rings (SSSR count). The lowest BCUT2D eigenvalue weighted by atomic mass is 9.90. The van der Waals surface area contributed by atoms with Crippen molar-refractivity contribution in [3.8, 4) is 73.5 Å². The maximum absolute atomic E-state index is 15.6. The van der Waals surface area contributed by atoms with E-state index in [1.807, 2.05) is 152 Å². The summed E-state index contributed by atoms with van der Waals surface area (Å²) in [6.07, 6.45) is 0. The second-order valence-electron chi connectivity index (χ2n) is 15.8. The summed E-state index contributed by atoms with van der Waals surface area (Å²) in [6.45, 7) is 0. The number of nitriles is 2. The monoisotopic (exact) mass is 818 g/mol. The number of imide groups is 1. The molecule has 64 heavy (non-hydrogen) atoms. The molecule has 0 fully saturated rings. The first-order valence-corrected chi connectivity index (χ1v) is 20.9. The molecular weight excluding hydrogens is 785 g/mol. The van der Waals surface area contributed by atoms with Crippen LogP contribution in [-0.4, -0.2) is 16.4 Å². The molecule has 0 saturated heterocycles. The zero-order valence-electron chi connectivity index (χ0n) is 34.2. The van der Waals surface area contributed by atoms with Crippen LogP contribution in [0.2, 0.25) is 0 Å². The molecule has 0 atom stereocenters. The van der Waals surface area contributed by atoms with Crippen LogP contribution in [-0.2, 0) is 0 Å². The van der Waals surface area contributed by atoms with Crippen molar-refractivity contribution in [2.24, 2.45) is 0 Å². The topological polar surface area (TPSA) is 89.9 Å². The van der Waals surface area contributed by atoms with Crippen LogP contribution in [0.5, 0.6) is 0 Å². The van der Waals surface area contributed by atoms with Crippen molar-refractivity contribution in [3.63, 3.8) is 0 Å². The van der Waals surface area contributed by atoms with E-state index >= 15 is 9.59 Å². The normalized spacial score (nSPS) is 12.1. The van der Waals surface area contributed by atoms with Crippen molar-refractivity contribution < 1.29 is 9.59 Å². The van der Waals surface area contributed by atoms with Gasteiger partial charge in [0.1, 0.15) is 0 Å². The molecule has 298 valence electrons. The van der Waals surface area contributed by atoms with E-state index in [4.69, 9.17) is 0 Å². The number of amides is 2. The number of fused-ring (bicyclic) bond motifs is 4. The molecule has 0 bridgehead atoms. The lowest BCUT2D eigenvalue weighted by Gasteiger charge is -2.24. The summed E-state index contributed by atoms with van der Waals surface area (Å²) in [5.74, 6) is -0.814. The van der Waals surface area contributed by atoms with E-state index in [-0.39, 0.29) is 0 Å². The lowest BCUT2D eigenvalue weighted by Crippen LogP contribution is -2.30. The van der Waals surface area contributed by atoms with Crippen LogP contribution in [0.15, 0.2) is 206 Å². The van der Waals surface area contributed by atoms with Gasteiger partial charge in [-0.3, -0.25) is 9.59 Å². The van der Waals surface area contributed by atoms with E-state index < -0.39 is 11.8 Å². The zero-order chi connectivity index (χ0) is 43.3. The summed E-state index contributed by atoms with van der Waals surface area (Å²) in [7, 11) is 0. The summed E-state index contributed by atoms with van der Waals surface area (Å²) in [5, 5.41) is 21.3. The summed E-state index contributed by atoms with van der Waals surface area (Å²) >= 11 is 0. The molecule has 10 aromatic rings. The number of rotatable bonds is 7. The highest BCUT2D eigenvalue weighted by atomic mass is 16.2. The Morgan fingerprint density at radius 1 is 0.359 bits per heavy atom. The van der Waals surface area contributed by atoms with Gasteiger partial charge in [-0.25, -0.2) is 4.90 Å². The van der Waals surface area contributed by atoms with Crippen LogP contribution in [0.4, 0.5) is 5.69 Å². The third kappa shape index (κ3) is 6.26. The number of aromatic nitrogens is 1. The van der Waals surface area contributed by atoms with E-state index in [2.05, 4.69) is 53.1 Å². The Labute approximate surface area is 369 Å². The maximum Gasteiger partial charge on any atom is 0.268 e. The van der Waals surface area contributed by atoms with Crippen molar-refractivity contribution in [2.45, 2.75) is 0 Å². The fourth-order valence-electron chi connectivity index (χ4n) is 9.18. The molecule has 0 saturated carbocycles. The van der Waals surface area contributed by atoms with Gasteiger partial charge in [0, 0.05) is 21.9 Å². The third-order valence-corrected chi connectivity index (χ3v) is 12.2. The number of hydrogen-bond donors (Lipinski definition) is 0. The van der Waals surface area contributed by atoms with Crippen molar-refractivity contribution in [1.82, 2.24) is 4.57 Å². The summed E-state index contributed by atoms with van der Waals surface area (Å²) < 4.78 is 2.08. The number of carbonyl (C=O) groups excluding carboxylic acids is 2. The molecule has 1 aliphatic rings. The molecule has 0 radical (unpaired) electrons. The van der Waals surface area contributed by atoms with Crippen molar-refractivity contribution in [3.05, 3.63) is 229 Å². The zero-order valence-corrected chi connectivity index (χ0v) is 34.2. The molecule has 2 heterocycles. The number of carbonyl (C=O) groups is 2. The number of nitrogens with zero attached hydrogens (tertiary/aromatic N) is 4. The van der Waals surface area contributed by atoms with Gasteiger partial charge in [0.25, 0.3) is 11.8 Å². The Morgan fingerprint density at radius 3 is 1.31 bits per heavy atom. The van der Waals surface area contributed by atoms with Crippen LogP contribution < -0.4 is 4.90 Å². The van der Waals surface area contributed by atoms with Gasteiger partial charge in [0.05, 0.1) is 56.8 Å². The molecule has 2 amide bonds. The van der Waals surface area contributed by atoms with Gasteiger partial charge in [0.2, 0.25) is 0 Å². The Bertz CT molecular complexity index is 3440. The minimum atomic E-state index is -0.415. The number of hydrogen-bond acceptors (Lipinski definition) is 4. The van der Waals surface area contributed by atoms with Gasteiger partial charge in [-0.15, -0.1) is 0 Å². The standard InChI is InChI=1S/C58H34N4O2/c59-35-37-13-10-21-42(29-37)44-25-27-52-50(31-44)51-32-45(43-22-11-14-38(30-43)36-60)26-28-53(51)61(52)54-24-12-23-47-55(54)58(64)62(57(47)63)56-48(40-17-6-2-7-18-40)33-46(39-15-4-1-5-16-39)34-49(56)41-19-8-3-9-20-41/h1-34H. The van der Waals surface area contributed by atoms with Crippen molar-refractivity contribution in [1.29, 1.82) is 10.5 Å². The summed E-state index contributed by atoms with van der Waals surface area (Å²) in [6, 6.07) is 71.6. The summed E-state index contributed by atoms with van der Waals surface area (Å²) in [4.78, 5) is 32.1. The van der Waals surface area contributed by atoms with Gasteiger partial charge >= 0.3 is 0 Å². The van der Waals surface area contributed by atoms with E-state index in [0.29, 0.717) is 33.6 Å². The fourth-order valence-corrected chi connectivity index (χ4v) is 9.18. The highest BCUT2D eigenvalue weighted by Crippen LogP contribution is 2.47. The van der Waals surface area contributed by atoms with Crippen LogP contribution in [0.3, 0.4) is 0 Å². The van der Waals surface area contributed by atoms with Crippen LogP contribution in [0.1, 0.15) is 31.8 Å². The molecule has 1 aliphatic heterocycles. The second-order valence-corrected chi connectivity index (χ2v) is 15.8. The fraction of sp³-hybridized carbons (Fsp3) is 0.